The highest BCUT2D eigenvalue weighted by atomic mass is 16.8. The van der Waals surface area contributed by atoms with E-state index in [1.807, 2.05) is 0 Å². The molecule has 33 heavy (non-hydrogen) atoms. The Labute approximate surface area is 190 Å². The van der Waals surface area contributed by atoms with Crippen LogP contribution in [0.15, 0.2) is 48.5 Å². The lowest BCUT2D eigenvalue weighted by atomic mass is 9.97. The van der Waals surface area contributed by atoms with Gasteiger partial charge in [0.15, 0.2) is 5.79 Å². The fourth-order valence-electron chi connectivity index (χ4n) is 4.35. The van der Waals surface area contributed by atoms with Crippen molar-refractivity contribution in [3.8, 4) is 5.75 Å². The van der Waals surface area contributed by atoms with Crippen molar-refractivity contribution in [1.29, 1.82) is 0 Å². The molecule has 5 rings (SSSR count). The lowest BCUT2D eigenvalue weighted by molar-refractivity contribution is -0.373. The molecule has 2 N–H and O–H groups in total. The van der Waals surface area contributed by atoms with Crippen LogP contribution in [0.2, 0.25) is 0 Å². The molecule has 2 aromatic rings. The molecule has 0 radical (unpaired) electrons. The van der Waals surface area contributed by atoms with E-state index in [1.54, 1.807) is 62.4 Å². The van der Waals surface area contributed by atoms with E-state index in [4.69, 9.17) is 18.9 Å². The van der Waals surface area contributed by atoms with Gasteiger partial charge in [-0.3, -0.25) is 14.5 Å². The topological polar surface area (TPSA) is 115 Å². The maximum absolute atomic E-state index is 12.8. The number of nitrogens with zero attached hydrogens (tertiary/aromatic N) is 1. The number of aliphatic hydroxyl groups excluding tert-OH is 2. The number of benzene rings is 2. The zero-order valence-electron chi connectivity index (χ0n) is 18.2. The van der Waals surface area contributed by atoms with Gasteiger partial charge in [0.25, 0.3) is 11.8 Å². The van der Waals surface area contributed by atoms with E-state index in [2.05, 4.69) is 0 Å². The Hall–Kier alpha value is -2.82. The highest BCUT2D eigenvalue weighted by Gasteiger charge is 2.51. The van der Waals surface area contributed by atoms with E-state index in [0.29, 0.717) is 22.4 Å². The first-order chi connectivity index (χ1) is 15.7. The number of imide groups is 1. The van der Waals surface area contributed by atoms with Gasteiger partial charge < -0.3 is 29.2 Å². The third-order valence-corrected chi connectivity index (χ3v) is 6.08. The maximum atomic E-state index is 12.8. The van der Waals surface area contributed by atoms with Crippen molar-refractivity contribution in [2.24, 2.45) is 0 Å². The van der Waals surface area contributed by atoms with Crippen LogP contribution in [0.1, 0.15) is 40.1 Å². The second-order valence-corrected chi connectivity index (χ2v) is 8.79. The third-order valence-electron chi connectivity index (χ3n) is 6.08. The van der Waals surface area contributed by atoms with Crippen molar-refractivity contribution in [2.75, 3.05) is 6.61 Å². The average Bonchev–Trinajstić information content (AvgIpc) is 3.04. The van der Waals surface area contributed by atoms with Crippen LogP contribution in [-0.4, -0.2) is 70.0 Å². The molecule has 174 valence electrons. The maximum Gasteiger partial charge on any atom is 0.261 e. The first-order valence-corrected chi connectivity index (χ1v) is 10.8. The molecule has 9 nitrogen and oxygen atoms in total. The molecule has 0 aliphatic carbocycles. The van der Waals surface area contributed by atoms with Gasteiger partial charge in [0.1, 0.15) is 30.2 Å². The van der Waals surface area contributed by atoms with Gasteiger partial charge >= 0.3 is 0 Å². The number of fused-ring (bicyclic) bond motifs is 2. The predicted molar refractivity (Wildman–Crippen MR) is 113 cm³/mol. The SMILES string of the molecule is CC1(C)OC[C@H]2O[C@@H](Oc3ccccc3CN3C(=O)c4ccccc4C3=O)[C@H](O)[C@@H](O)[C@@H]2O1. The fraction of sp³-hybridized carbons (Fsp3) is 0.417. The largest absolute Gasteiger partial charge is 0.462 e. The lowest BCUT2D eigenvalue weighted by Gasteiger charge is -2.48. The van der Waals surface area contributed by atoms with Crippen molar-refractivity contribution in [3.05, 3.63) is 65.2 Å². The molecule has 9 heteroatoms. The van der Waals surface area contributed by atoms with Crippen LogP contribution in [0.5, 0.6) is 5.75 Å². The predicted octanol–water partition coefficient (Wildman–Crippen LogP) is 1.46. The Morgan fingerprint density at radius 2 is 1.64 bits per heavy atom. The summed E-state index contributed by atoms with van der Waals surface area (Å²) in [6.45, 7) is 3.60. The number of aliphatic hydroxyl groups is 2. The molecule has 3 aliphatic rings. The first kappa shape index (κ1) is 22.0. The van der Waals surface area contributed by atoms with Crippen LogP contribution < -0.4 is 4.74 Å². The van der Waals surface area contributed by atoms with Crippen molar-refractivity contribution >= 4 is 11.8 Å². The van der Waals surface area contributed by atoms with E-state index in [-0.39, 0.29) is 25.0 Å². The van der Waals surface area contributed by atoms with Gasteiger partial charge in [-0.15, -0.1) is 0 Å². The van der Waals surface area contributed by atoms with Crippen molar-refractivity contribution in [3.63, 3.8) is 0 Å². The Kier molecular flexibility index (Phi) is 5.46. The minimum Gasteiger partial charge on any atom is -0.462 e. The van der Waals surface area contributed by atoms with E-state index in [9.17, 15) is 19.8 Å². The second-order valence-electron chi connectivity index (χ2n) is 8.79. The summed E-state index contributed by atoms with van der Waals surface area (Å²) in [6, 6.07) is 13.5. The van der Waals surface area contributed by atoms with Gasteiger partial charge in [-0.2, -0.15) is 0 Å². The van der Waals surface area contributed by atoms with Gasteiger partial charge in [-0.05, 0) is 32.0 Å². The molecular weight excluding hydrogens is 430 g/mol. The van der Waals surface area contributed by atoms with E-state index in [1.165, 1.54) is 0 Å². The van der Waals surface area contributed by atoms with Gasteiger partial charge in [0.05, 0.1) is 24.3 Å². The third kappa shape index (κ3) is 3.92. The zero-order chi connectivity index (χ0) is 23.3. The molecule has 3 aliphatic heterocycles. The number of hydrogen-bond donors (Lipinski definition) is 2. The highest BCUT2D eigenvalue weighted by molar-refractivity contribution is 6.21. The molecular formula is C24H25NO8. The highest BCUT2D eigenvalue weighted by Crippen LogP contribution is 2.34. The summed E-state index contributed by atoms with van der Waals surface area (Å²) in [6.07, 6.45) is -5.23. The van der Waals surface area contributed by atoms with Gasteiger partial charge in [0.2, 0.25) is 6.29 Å². The second kappa shape index (κ2) is 8.19. The number of carbonyl (C=O) groups excluding carboxylic acids is 2. The quantitative estimate of drug-likeness (QED) is 0.666. The molecule has 2 aromatic carbocycles. The Bertz CT molecular complexity index is 1050. The minimum atomic E-state index is -1.38. The summed E-state index contributed by atoms with van der Waals surface area (Å²) in [4.78, 5) is 26.7. The van der Waals surface area contributed by atoms with Crippen LogP contribution in [0.3, 0.4) is 0 Å². The van der Waals surface area contributed by atoms with Crippen molar-refractivity contribution in [1.82, 2.24) is 4.90 Å². The first-order valence-electron chi connectivity index (χ1n) is 10.8. The van der Waals surface area contributed by atoms with Crippen LogP contribution in [0.25, 0.3) is 0 Å². The van der Waals surface area contributed by atoms with Crippen LogP contribution in [0, 0.1) is 0 Å². The molecule has 2 fully saturated rings. The molecule has 0 spiro atoms. The molecule has 3 heterocycles. The van der Waals surface area contributed by atoms with Gasteiger partial charge in [-0.1, -0.05) is 30.3 Å². The Morgan fingerprint density at radius 3 is 2.33 bits per heavy atom. The normalized spacial score (nSPS) is 30.7. The number of rotatable bonds is 4. The minimum absolute atomic E-state index is 0.0135. The molecule has 2 saturated heterocycles. The summed E-state index contributed by atoms with van der Waals surface area (Å²) >= 11 is 0. The summed E-state index contributed by atoms with van der Waals surface area (Å²) in [5.41, 5.74) is 1.28. The van der Waals surface area contributed by atoms with Gasteiger partial charge in [-0.25, -0.2) is 0 Å². The summed E-state index contributed by atoms with van der Waals surface area (Å²) in [5, 5.41) is 21.3. The lowest BCUT2D eigenvalue weighted by Crippen LogP contribution is -2.65. The summed E-state index contributed by atoms with van der Waals surface area (Å²) in [5.74, 6) is -1.34. The zero-order valence-corrected chi connectivity index (χ0v) is 18.2. The number of hydrogen-bond acceptors (Lipinski definition) is 8. The smallest absolute Gasteiger partial charge is 0.261 e. The van der Waals surface area contributed by atoms with E-state index >= 15 is 0 Å². The van der Waals surface area contributed by atoms with E-state index < -0.39 is 36.5 Å². The molecule has 5 atom stereocenters. The molecule has 0 aromatic heterocycles. The monoisotopic (exact) mass is 455 g/mol. The molecule has 0 saturated carbocycles. The van der Waals surface area contributed by atoms with Gasteiger partial charge in [0, 0.05) is 5.56 Å². The van der Waals surface area contributed by atoms with Crippen LogP contribution in [-0.2, 0) is 20.8 Å². The summed E-state index contributed by atoms with van der Waals surface area (Å²) in [7, 11) is 0. The molecule has 0 unspecified atom stereocenters. The van der Waals surface area contributed by atoms with E-state index in [0.717, 1.165) is 4.90 Å². The molecule has 0 bridgehead atoms. The van der Waals surface area contributed by atoms with Crippen LogP contribution >= 0.6 is 0 Å². The average molecular weight is 455 g/mol. The van der Waals surface area contributed by atoms with Crippen molar-refractivity contribution in [2.45, 2.75) is 56.9 Å². The number of ether oxygens (including phenoxy) is 4. The number of para-hydroxylation sites is 1. The Morgan fingerprint density at radius 1 is 1.00 bits per heavy atom. The number of carbonyl (C=O) groups is 2. The summed E-state index contributed by atoms with van der Waals surface area (Å²) < 4.78 is 23.1. The Balaban J connectivity index is 1.34. The van der Waals surface area contributed by atoms with Crippen molar-refractivity contribution < 1.29 is 38.7 Å². The fourth-order valence-corrected chi connectivity index (χ4v) is 4.35. The molecule has 2 amide bonds. The van der Waals surface area contributed by atoms with Crippen LogP contribution in [0.4, 0.5) is 0 Å². The standard InChI is InChI=1S/C24H25NO8/c1-24(2)30-12-17-20(33-24)18(26)19(27)23(32-17)31-16-10-6-3-7-13(16)11-25-21(28)14-8-4-5-9-15(14)22(25)29/h3-10,17-20,23,26-27H,11-12H2,1-2H3/t17-,18-,19-,20-,23-/m1/s1. The number of amides is 2.